The largest absolute Gasteiger partial charge is 0.310 e. The van der Waals surface area contributed by atoms with Crippen molar-refractivity contribution in [1.29, 1.82) is 0 Å². The Morgan fingerprint density at radius 3 is 2.20 bits per heavy atom. The molecule has 0 saturated heterocycles. The lowest BCUT2D eigenvalue weighted by atomic mass is 9.82. The van der Waals surface area contributed by atoms with Crippen LogP contribution in [0.4, 0.5) is 0 Å². The van der Waals surface area contributed by atoms with Gasteiger partial charge in [-0.25, -0.2) is 0 Å². The highest BCUT2D eigenvalue weighted by atomic mass is 35.5. The molecule has 0 aromatic rings. The Kier molecular flexibility index (Phi) is 5.99. The highest BCUT2D eigenvalue weighted by Crippen LogP contribution is 2.29. The van der Waals surface area contributed by atoms with Gasteiger partial charge in [0.1, 0.15) is 0 Å². The van der Waals surface area contributed by atoms with Crippen molar-refractivity contribution in [2.75, 3.05) is 12.4 Å². The van der Waals surface area contributed by atoms with E-state index >= 15 is 0 Å². The van der Waals surface area contributed by atoms with E-state index in [1.165, 1.54) is 44.9 Å². The Morgan fingerprint density at radius 1 is 1.13 bits per heavy atom. The number of hydrogen-bond acceptors (Lipinski definition) is 1. The van der Waals surface area contributed by atoms with Gasteiger partial charge in [-0.05, 0) is 25.3 Å². The molecule has 0 radical (unpaired) electrons. The van der Waals surface area contributed by atoms with E-state index in [9.17, 15) is 0 Å². The summed E-state index contributed by atoms with van der Waals surface area (Å²) in [6.07, 6.45) is 9.20. The van der Waals surface area contributed by atoms with Crippen LogP contribution in [0.15, 0.2) is 0 Å². The summed E-state index contributed by atoms with van der Waals surface area (Å²) in [4.78, 5) is 0. The summed E-state index contributed by atoms with van der Waals surface area (Å²) in [5.41, 5.74) is 0.266. The van der Waals surface area contributed by atoms with Gasteiger partial charge in [-0.3, -0.25) is 0 Å². The maximum absolute atomic E-state index is 6.14. The molecule has 1 fully saturated rings. The van der Waals surface area contributed by atoms with Gasteiger partial charge in [-0.2, -0.15) is 0 Å². The molecular formula is C13H26ClN. The standard InChI is InChI=1S/C13H26ClN/c1-3-12(4-2)10-15-13(11-14)8-6-5-7-9-13/h12,15H,3-11H2,1-2H3. The topological polar surface area (TPSA) is 12.0 Å². The summed E-state index contributed by atoms with van der Waals surface area (Å²) >= 11 is 6.14. The predicted molar refractivity (Wildman–Crippen MR) is 68.6 cm³/mol. The van der Waals surface area contributed by atoms with Crippen LogP contribution in [0, 0.1) is 5.92 Å². The second-order valence-corrected chi connectivity index (χ2v) is 5.31. The van der Waals surface area contributed by atoms with Crippen molar-refractivity contribution in [3.8, 4) is 0 Å². The van der Waals surface area contributed by atoms with Crippen molar-refractivity contribution < 1.29 is 0 Å². The molecule has 1 N–H and O–H groups in total. The van der Waals surface area contributed by atoms with Crippen LogP contribution in [0.5, 0.6) is 0 Å². The molecule has 0 bridgehead atoms. The molecule has 0 amide bonds. The Morgan fingerprint density at radius 2 is 1.73 bits per heavy atom. The van der Waals surface area contributed by atoms with Crippen LogP contribution in [-0.2, 0) is 0 Å². The first-order valence-electron chi connectivity index (χ1n) is 6.57. The van der Waals surface area contributed by atoms with Crippen LogP contribution in [0.25, 0.3) is 0 Å². The second-order valence-electron chi connectivity index (χ2n) is 5.04. The average molecular weight is 232 g/mol. The summed E-state index contributed by atoms with van der Waals surface area (Å²) in [5, 5.41) is 3.75. The van der Waals surface area contributed by atoms with E-state index in [4.69, 9.17) is 11.6 Å². The number of halogens is 1. The van der Waals surface area contributed by atoms with Gasteiger partial charge >= 0.3 is 0 Å². The molecule has 0 unspecified atom stereocenters. The molecule has 0 spiro atoms. The van der Waals surface area contributed by atoms with Crippen molar-refractivity contribution in [3.63, 3.8) is 0 Å². The zero-order valence-electron chi connectivity index (χ0n) is 10.3. The van der Waals surface area contributed by atoms with Crippen LogP contribution in [0.2, 0.25) is 0 Å². The van der Waals surface area contributed by atoms with Crippen molar-refractivity contribution in [3.05, 3.63) is 0 Å². The van der Waals surface area contributed by atoms with Crippen molar-refractivity contribution >= 4 is 11.6 Å². The number of nitrogens with one attached hydrogen (secondary N) is 1. The second kappa shape index (κ2) is 6.75. The molecule has 1 nitrogen and oxygen atoms in total. The fourth-order valence-corrected chi connectivity index (χ4v) is 2.89. The summed E-state index contributed by atoms with van der Waals surface area (Å²) in [6.45, 7) is 5.72. The Labute approximate surface area is 100.0 Å². The van der Waals surface area contributed by atoms with Gasteiger partial charge in [0.15, 0.2) is 0 Å². The van der Waals surface area contributed by atoms with Gasteiger partial charge in [-0.15, -0.1) is 11.6 Å². The number of hydrogen-bond donors (Lipinski definition) is 1. The first kappa shape index (κ1) is 13.3. The first-order chi connectivity index (χ1) is 7.26. The fraction of sp³-hybridized carbons (Fsp3) is 1.00. The summed E-state index contributed by atoms with van der Waals surface area (Å²) in [7, 11) is 0. The van der Waals surface area contributed by atoms with E-state index in [-0.39, 0.29) is 5.54 Å². The normalized spacial score (nSPS) is 20.8. The van der Waals surface area contributed by atoms with Crippen LogP contribution in [0.1, 0.15) is 58.8 Å². The van der Waals surface area contributed by atoms with E-state index in [0.29, 0.717) is 0 Å². The number of rotatable bonds is 6. The minimum absolute atomic E-state index is 0.266. The molecule has 2 heteroatoms. The van der Waals surface area contributed by atoms with E-state index in [0.717, 1.165) is 18.3 Å². The lowest BCUT2D eigenvalue weighted by molar-refractivity contribution is 0.241. The summed E-state index contributed by atoms with van der Waals surface area (Å²) in [5.74, 6) is 1.61. The zero-order chi connectivity index (χ0) is 11.1. The molecule has 15 heavy (non-hydrogen) atoms. The molecule has 90 valence electrons. The molecule has 1 aliphatic carbocycles. The summed E-state index contributed by atoms with van der Waals surface area (Å²) in [6, 6.07) is 0. The lowest BCUT2D eigenvalue weighted by Gasteiger charge is -2.37. The van der Waals surface area contributed by atoms with Crippen LogP contribution in [-0.4, -0.2) is 18.0 Å². The van der Waals surface area contributed by atoms with Gasteiger partial charge < -0.3 is 5.32 Å². The minimum atomic E-state index is 0.266. The van der Waals surface area contributed by atoms with Gasteiger partial charge in [0.05, 0.1) is 0 Å². The molecular weight excluding hydrogens is 206 g/mol. The van der Waals surface area contributed by atoms with Gasteiger partial charge in [0.25, 0.3) is 0 Å². The van der Waals surface area contributed by atoms with Gasteiger partial charge in [-0.1, -0.05) is 46.0 Å². The van der Waals surface area contributed by atoms with E-state index in [1.54, 1.807) is 0 Å². The van der Waals surface area contributed by atoms with Crippen molar-refractivity contribution in [2.45, 2.75) is 64.3 Å². The smallest absolute Gasteiger partial charge is 0.0406 e. The molecule has 0 aromatic heterocycles. The van der Waals surface area contributed by atoms with Crippen LogP contribution in [0.3, 0.4) is 0 Å². The Bertz CT molecular complexity index is 160. The number of alkyl halides is 1. The molecule has 0 atom stereocenters. The van der Waals surface area contributed by atoms with E-state index in [2.05, 4.69) is 19.2 Å². The molecule has 0 heterocycles. The van der Waals surface area contributed by atoms with E-state index in [1.807, 2.05) is 0 Å². The molecule has 1 aliphatic rings. The lowest BCUT2D eigenvalue weighted by Crippen LogP contribution is -2.50. The zero-order valence-corrected chi connectivity index (χ0v) is 11.1. The maximum Gasteiger partial charge on any atom is 0.0406 e. The Balaban J connectivity index is 2.38. The maximum atomic E-state index is 6.14. The molecule has 1 rings (SSSR count). The highest BCUT2D eigenvalue weighted by molar-refractivity contribution is 6.18. The third kappa shape index (κ3) is 3.96. The molecule has 1 saturated carbocycles. The molecule has 0 aliphatic heterocycles. The fourth-order valence-electron chi connectivity index (χ4n) is 2.52. The van der Waals surface area contributed by atoms with Crippen molar-refractivity contribution in [2.24, 2.45) is 5.92 Å². The summed E-state index contributed by atoms with van der Waals surface area (Å²) < 4.78 is 0. The monoisotopic (exact) mass is 231 g/mol. The minimum Gasteiger partial charge on any atom is -0.310 e. The van der Waals surface area contributed by atoms with Gasteiger partial charge in [0, 0.05) is 11.4 Å². The van der Waals surface area contributed by atoms with Crippen molar-refractivity contribution in [1.82, 2.24) is 5.32 Å². The SMILES string of the molecule is CCC(CC)CNC1(CCl)CCCCC1. The molecule has 0 aromatic carbocycles. The van der Waals surface area contributed by atoms with Crippen LogP contribution >= 0.6 is 11.6 Å². The third-order valence-electron chi connectivity index (χ3n) is 3.99. The third-order valence-corrected chi connectivity index (χ3v) is 4.50. The average Bonchev–Trinajstić information content (AvgIpc) is 2.31. The Hall–Kier alpha value is 0.250. The van der Waals surface area contributed by atoms with Crippen LogP contribution < -0.4 is 5.32 Å². The highest BCUT2D eigenvalue weighted by Gasteiger charge is 2.30. The van der Waals surface area contributed by atoms with Gasteiger partial charge in [0.2, 0.25) is 0 Å². The quantitative estimate of drug-likeness (QED) is 0.683. The first-order valence-corrected chi connectivity index (χ1v) is 7.10. The van der Waals surface area contributed by atoms with E-state index < -0.39 is 0 Å². The predicted octanol–water partition coefficient (Wildman–Crippen LogP) is 3.95.